The fourth-order valence-corrected chi connectivity index (χ4v) is 12.6. The first-order valence-corrected chi connectivity index (χ1v) is 25.4. The molecule has 0 N–H and O–H groups in total. The van der Waals surface area contributed by atoms with Crippen LogP contribution in [0.15, 0.2) is 121 Å². The van der Waals surface area contributed by atoms with Gasteiger partial charge >= 0.3 is 0 Å². The maximum absolute atomic E-state index is 2.63. The Morgan fingerprint density at radius 1 is 0.333 bits per heavy atom. The van der Waals surface area contributed by atoms with Crippen LogP contribution in [0.1, 0.15) is 122 Å². The fraction of sp³-hybridized carbons (Fsp3) is 0.344. The van der Waals surface area contributed by atoms with Crippen LogP contribution in [0.3, 0.4) is 0 Å². The predicted octanol–water partition coefficient (Wildman–Crippen LogP) is 17.5. The zero-order valence-corrected chi connectivity index (χ0v) is 40.3. The molecule has 0 unspecified atom stereocenters. The molecule has 0 fully saturated rings. The molecule has 0 spiro atoms. The Bertz CT molecular complexity index is 3250. The van der Waals surface area contributed by atoms with E-state index in [1.807, 2.05) is 0 Å². The first kappa shape index (κ1) is 41.6. The van der Waals surface area contributed by atoms with Gasteiger partial charge in [0.15, 0.2) is 0 Å². The number of rotatable bonds is 6. The summed E-state index contributed by atoms with van der Waals surface area (Å²) in [6.45, 7) is 14.3. The molecule has 4 aliphatic carbocycles. The molecule has 12 rings (SSSR count). The van der Waals surface area contributed by atoms with Crippen LogP contribution in [0.5, 0.6) is 0 Å². The van der Waals surface area contributed by atoms with Gasteiger partial charge in [0.25, 0.3) is 0 Å². The first-order valence-electron chi connectivity index (χ1n) is 25.4. The summed E-state index contributed by atoms with van der Waals surface area (Å²) in [6.07, 6.45) is 16.8. The van der Waals surface area contributed by atoms with Crippen LogP contribution >= 0.6 is 0 Å². The van der Waals surface area contributed by atoms with E-state index in [0.29, 0.717) is 10.8 Å². The lowest BCUT2D eigenvalue weighted by Gasteiger charge is -2.34. The summed E-state index contributed by atoms with van der Waals surface area (Å²) in [5.74, 6) is 0. The number of anilines is 6. The molecule has 2 nitrogen and oxygen atoms in total. The maximum atomic E-state index is 2.63. The van der Waals surface area contributed by atoms with E-state index in [0.717, 1.165) is 38.5 Å². The molecule has 0 bridgehead atoms. The van der Waals surface area contributed by atoms with Crippen LogP contribution in [0.25, 0.3) is 32.3 Å². The SMILES string of the molecule is Cc1cc2c(N(c3ccc4c(c3)CCCC4)c3ccc4c(c3)CCC(C)(C)C4)cc3c4ccccc4c(N(c4ccc5c(c4)CCCC5)c4ccc5c(c4)CCC(C)(C)C5)cc3c2cc1C. The highest BCUT2D eigenvalue weighted by atomic mass is 15.2. The molecule has 0 amide bonds. The van der Waals surface area contributed by atoms with Gasteiger partial charge in [0.05, 0.1) is 11.4 Å². The van der Waals surface area contributed by atoms with E-state index in [-0.39, 0.29) is 0 Å². The first-order chi connectivity index (χ1) is 31.9. The summed E-state index contributed by atoms with van der Waals surface area (Å²) < 4.78 is 0. The number of benzene rings is 8. The van der Waals surface area contributed by atoms with Gasteiger partial charge in [-0.3, -0.25) is 0 Å². The van der Waals surface area contributed by atoms with Crippen molar-refractivity contribution in [2.24, 2.45) is 10.8 Å². The van der Waals surface area contributed by atoms with Gasteiger partial charge in [-0.2, -0.15) is 0 Å². The minimum Gasteiger partial charge on any atom is -0.310 e. The predicted molar refractivity (Wildman–Crippen MR) is 283 cm³/mol. The zero-order valence-electron chi connectivity index (χ0n) is 40.3. The molecule has 0 heterocycles. The van der Waals surface area contributed by atoms with Crippen molar-refractivity contribution in [1.82, 2.24) is 0 Å². The van der Waals surface area contributed by atoms with Crippen molar-refractivity contribution in [1.29, 1.82) is 0 Å². The molecule has 0 aliphatic heterocycles. The Balaban J connectivity index is 1.12. The quantitative estimate of drug-likeness (QED) is 0.154. The molecule has 332 valence electrons. The van der Waals surface area contributed by atoms with Gasteiger partial charge in [-0.05, 0) is 258 Å². The van der Waals surface area contributed by atoms with Gasteiger partial charge < -0.3 is 9.80 Å². The van der Waals surface area contributed by atoms with Crippen molar-refractivity contribution in [3.8, 4) is 0 Å². The van der Waals surface area contributed by atoms with Crippen molar-refractivity contribution >= 4 is 66.4 Å². The van der Waals surface area contributed by atoms with Crippen LogP contribution in [-0.4, -0.2) is 0 Å². The summed E-state index contributed by atoms with van der Waals surface area (Å²) in [7, 11) is 0. The smallest absolute Gasteiger partial charge is 0.0546 e. The Hall–Kier alpha value is -5.86. The molecule has 66 heavy (non-hydrogen) atoms. The number of hydrogen-bond donors (Lipinski definition) is 0. The lowest BCUT2D eigenvalue weighted by Crippen LogP contribution is -2.22. The summed E-state index contributed by atoms with van der Waals surface area (Å²) in [6, 6.07) is 49.0. The second-order valence-corrected chi connectivity index (χ2v) is 22.5. The highest BCUT2D eigenvalue weighted by Crippen LogP contribution is 2.50. The van der Waals surface area contributed by atoms with Gasteiger partial charge in [-0.1, -0.05) is 82.3 Å². The summed E-state index contributed by atoms with van der Waals surface area (Å²) in [5, 5.41) is 7.82. The summed E-state index contributed by atoms with van der Waals surface area (Å²) in [4.78, 5) is 5.24. The van der Waals surface area contributed by atoms with Crippen molar-refractivity contribution in [3.63, 3.8) is 0 Å². The Kier molecular flexibility index (Phi) is 10.0. The largest absolute Gasteiger partial charge is 0.310 e. The van der Waals surface area contributed by atoms with Crippen molar-refractivity contribution < 1.29 is 0 Å². The zero-order chi connectivity index (χ0) is 44.9. The lowest BCUT2D eigenvalue weighted by atomic mass is 9.74. The minimum atomic E-state index is 0.336. The van der Waals surface area contributed by atoms with Crippen LogP contribution in [0, 0.1) is 24.7 Å². The minimum absolute atomic E-state index is 0.336. The van der Waals surface area contributed by atoms with E-state index in [4.69, 9.17) is 0 Å². The van der Waals surface area contributed by atoms with E-state index in [9.17, 15) is 0 Å². The lowest BCUT2D eigenvalue weighted by molar-refractivity contribution is 0.315. The third kappa shape index (κ3) is 7.31. The third-order valence-corrected chi connectivity index (χ3v) is 16.6. The van der Waals surface area contributed by atoms with Gasteiger partial charge in [-0.15, -0.1) is 0 Å². The van der Waals surface area contributed by atoms with E-state index >= 15 is 0 Å². The van der Waals surface area contributed by atoms with E-state index in [1.54, 1.807) is 0 Å². The molecule has 0 saturated carbocycles. The van der Waals surface area contributed by atoms with Crippen LogP contribution in [-0.2, 0) is 51.4 Å². The van der Waals surface area contributed by atoms with E-state index in [1.165, 1.54) is 173 Å². The summed E-state index contributed by atoms with van der Waals surface area (Å²) in [5.41, 5.74) is 23.0. The van der Waals surface area contributed by atoms with Crippen molar-refractivity contribution in [2.45, 2.75) is 131 Å². The van der Waals surface area contributed by atoms with E-state index < -0.39 is 0 Å². The van der Waals surface area contributed by atoms with Crippen LogP contribution in [0.4, 0.5) is 34.1 Å². The number of fused-ring (bicyclic) bond motifs is 9. The number of aryl methyl sites for hydroxylation is 8. The van der Waals surface area contributed by atoms with Crippen LogP contribution in [0.2, 0.25) is 0 Å². The van der Waals surface area contributed by atoms with Gasteiger partial charge in [-0.25, -0.2) is 0 Å². The number of nitrogens with zero attached hydrogens (tertiary/aromatic N) is 2. The normalized spacial score (nSPS) is 17.2. The standard InChI is InChI=1S/C64H66N2/c1-41-31-57-59-38-61(65(51-23-19-43-13-7-9-15-45(43)33-51)53-25-21-49-39-63(3,4)29-27-47(49)35-53)56-18-12-11-17-55(56)58(59)37-62(60(57)32-42(41)2)66(52-24-20-44-14-8-10-16-46(44)34-52)54-26-22-50-40-64(5,6)30-28-48(50)36-54/h11-12,17-26,31-38H,7-10,13-16,27-30,39-40H2,1-6H3. The fourth-order valence-electron chi connectivity index (χ4n) is 12.6. The third-order valence-electron chi connectivity index (χ3n) is 16.6. The summed E-state index contributed by atoms with van der Waals surface area (Å²) >= 11 is 0. The molecule has 0 atom stereocenters. The molecule has 8 aromatic carbocycles. The highest BCUT2D eigenvalue weighted by Gasteiger charge is 2.30. The Morgan fingerprint density at radius 3 is 1.18 bits per heavy atom. The van der Waals surface area contributed by atoms with E-state index in [2.05, 4.69) is 173 Å². The number of hydrogen-bond acceptors (Lipinski definition) is 2. The van der Waals surface area contributed by atoms with Crippen LogP contribution < -0.4 is 9.80 Å². The highest BCUT2D eigenvalue weighted by molar-refractivity contribution is 6.24. The molecule has 8 aromatic rings. The topological polar surface area (TPSA) is 6.48 Å². The second kappa shape index (κ2) is 15.9. The van der Waals surface area contributed by atoms with Crippen molar-refractivity contribution in [2.75, 3.05) is 9.80 Å². The monoisotopic (exact) mass is 863 g/mol. The Labute approximate surface area is 393 Å². The molecule has 0 aromatic heterocycles. The Morgan fingerprint density at radius 2 is 0.697 bits per heavy atom. The molecule has 2 heteroatoms. The molecule has 0 radical (unpaired) electrons. The van der Waals surface area contributed by atoms with Gasteiger partial charge in [0, 0.05) is 33.5 Å². The molecule has 4 aliphatic rings. The molecular weight excluding hydrogens is 797 g/mol. The van der Waals surface area contributed by atoms with Gasteiger partial charge in [0.2, 0.25) is 0 Å². The maximum Gasteiger partial charge on any atom is 0.0546 e. The second-order valence-electron chi connectivity index (χ2n) is 22.5. The molecular formula is C64H66N2. The average Bonchev–Trinajstić information content (AvgIpc) is 3.32. The molecule has 0 saturated heterocycles. The van der Waals surface area contributed by atoms with Crippen molar-refractivity contribution in [3.05, 3.63) is 177 Å². The average molecular weight is 863 g/mol. The van der Waals surface area contributed by atoms with Gasteiger partial charge in [0.1, 0.15) is 0 Å².